The van der Waals surface area contributed by atoms with Crippen LogP contribution in [0, 0.1) is 11.7 Å². The van der Waals surface area contributed by atoms with Crippen LogP contribution in [0.4, 0.5) is 10.1 Å². The van der Waals surface area contributed by atoms with Crippen LogP contribution in [0.2, 0.25) is 0 Å². The number of nitrogens with zero attached hydrogens (tertiary/aromatic N) is 2. The van der Waals surface area contributed by atoms with E-state index in [1.54, 1.807) is 13.1 Å². The highest BCUT2D eigenvalue weighted by Gasteiger charge is 2.09. The topological polar surface area (TPSA) is 39.7 Å². The summed E-state index contributed by atoms with van der Waals surface area (Å²) in [5.74, 6) is 1.11. The van der Waals surface area contributed by atoms with E-state index in [2.05, 4.69) is 29.5 Å². The van der Waals surface area contributed by atoms with Gasteiger partial charge in [0, 0.05) is 33.2 Å². The lowest BCUT2D eigenvalue weighted by Crippen LogP contribution is -2.38. The lowest BCUT2D eigenvalue weighted by atomic mass is 10.1. The van der Waals surface area contributed by atoms with Crippen LogP contribution >= 0.6 is 24.0 Å². The van der Waals surface area contributed by atoms with Crippen LogP contribution in [0.5, 0.6) is 0 Å². The SMILES string of the molecule is CCN(CC)c1ccc(CNC(=NC)NCC(C)C)cc1F.I. The Morgan fingerprint density at radius 3 is 2.35 bits per heavy atom. The predicted octanol–water partition coefficient (Wildman–Crippen LogP) is 3.61. The molecule has 0 aliphatic rings. The van der Waals surface area contributed by atoms with Gasteiger partial charge >= 0.3 is 0 Å². The maximum atomic E-state index is 14.2. The van der Waals surface area contributed by atoms with E-state index in [0.717, 1.165) is 31.2 Å². The second-order valence-corrected chi connectivity index (χ2v) is 5.66. The minimum Gasteiger partial charge on any atom is -0.370 e. The zero-order valence-corrected chi connectivity index (χ0v) is 17.1. The summed E-state index contributed by atoms with van der Waals surface area (Å²) in [4.78, 5) is 6.17. The molecule has 23 heavy (non-hydrogen) atoms. The van der Waals surface area contributed by atoms with Crippen molar-refractivity contribution >= 4 is 35.6 Å². The monoisotopic (exact) mass is 436 g/mol. The third kappa shape index (κ3) is 7.37. The molecule has 0 bridgehead atoms. The molecule has 0 aliphatic heterocycles. The molecule has 4 nitrogen and oxygen atoms in total. The third-order valence-corrected chi connectivity index (χ3v) is 3.48. The number of benzene rings is 1. The molecule has 0 spiro atoms. The summed E-state index contributed by atoms with van der Waals surface area (Å²) in [5, 5.41) is 6.44. The number of aliphatic imine (C=N–C) groups is 1. The van der Waals surface area contributed by atoms with Crippen molar-refractivity contribution in [3.63, 3.8) is 0 Å². The largest absolute Gasteiger partial charge is 0.370 e. The van der Waals surface area contributed by atoms with Gasteiger partial charge in [-0.05, 0) is 37.5 Å². The van der Waals surface area contributed by atoms with E-state index < -0.39 is 0 Å². The highest BCUT2D eigenvalue weighted by molar-refractivity contribution is 14.0. The Hall–Kier alpha value is -1.05. The van der Waals surface area contributed by atoms with Crippen molar-refractivity contribution < 1.29 is 4.39 Å². The number of halogens is 2. The van der Waals surface area contributed by atoms with Crippen molar-refractivity contribution in [1.29, 1.82) is 0 Å². The molecule has 0 amide bonds. The molecule has 0 atom stereocenters. The fraction of sp³-hybridized carbons (Fsp3) is 0.588. The highest BCUT2D eigenvalue weighted by atomic mass is 127. The van der Waals surface area contributed by atoms with Gasteiger partial charge in [-0.2, -0.15) is 0 Å². The molecule has 0 aliphatic carbocycles. The first-order valence-corrected chi connectivity index (χ1v) is 7.99. The highest BCUT2D eigenvalue weighted by Crippen LogP contribution is 2.20. The van der Waals surface area contributed by atoms with E-state index >= 15 is 0 Å². The van der Waals surface area contributed by atoms with E-state index in [4.69, 9.17) is 0 Å². The average molecular weight is 436 g/mol. The summed E-state index contributed by atoms with van der Waals surface area (Å²) >= 11 is 0. The molecule has 132 valence electrons. The summed E-state index contributed by atoms with van der Waals surface area (Å²) in [7, 11) is 1.74. The van der Waals surface area contributed by atoms with Gasteiger partial charge in [0.25, 0.3) is 0 Å². The predicted molar refractivity (Wildman–Crippen MR) is 108 cm³/mol. The van der Waals surface area contributed by atoms with Gasteiger partial charge in [0.2, 0.25) is 0 Å². The summed E-state index contributed by atoms with van der Waals surface area (Å²) in [5.41, 5.74) is 1.57. The van der Waals surface area contributed by atoms with Crippen LogP contribution in [-0.2, 0) is 6.54 Å². The normalized spacial score (nSPS) is 11.2. The van der Waals surface area contributed by atoms with Gasteiger partial charge in [0.15, 0.2) is 5.96 Å². The van der Waals surface area contributed by atoms with Crippen LogP contribution in [0.15, 0.2) is 23.2 Å². The molecule has 1 rings (SSSR count). The molecular weight excluding hydrogens is 406 g/mol. The lowest BCUT2D eigenvalue weighted by molar-refractivity contribution is 0.611. The summed E-state index contributed by atoms with van der Waals surface area (Å²) < 4.78 is 14.2. The Morgan fingerprint density at radius 2 is 1.87 bits per heavy atom. The van der Waals surface area contributed by atoms with E-state index in [-0.39, 0.29) is 29.8 Å². The molecule has 0 saturated heterocycles. The standard InChI is InChI=1S/C17H29FN4.HI/c1-6-22(7-2)16-9-8-14(10-15(16)18)12-21-17(19-5)20-11-13(3)4;/h8-10,13H,6-7,11-12H2,1-5H3,(H2,19,20,21);1H. The Bertz CT molecular complexity index is 487. The molecular formula is C17H30FIN4. The molecule has 0 saturated carbocycles. The van der Waals surface area contributed by atoms with Gasteiger partial charge in [-0.3, -0.25) is 4.99 Å². The van der Waals surface area contributed by atoms with Gasteiger partial charge in [-0.1, -0.05) is 19.9 Å². The maximum Gasteiger partial charge on any atom is 0.191 e. The first kappa shape index (κ1) is 21.9. The zero-order chi connectivity index (χ0) is 16.5. The van der Waals surface area contributed by atoms with Crippen molar-refractivity contribution in [2.75, 3.05) is 31.6 Å². The second-order valence-electron chi connectivity index (χ2n) is 5.66. The molecule has 0 heterocycles. The number of hydrogen-bond acceptors (Lipinski definition) is 2. The molecule has 0 radical (unpaired) electrons. The number of nitrogens with one attached hydrogen (secondary N) is 2. The molecule has 1 aromatic rings. The zero-order valence-electron chi connectivity index (χ0n) is 14.8. The van der Waals surface area contributed by atoms with E-state index in [9.17, 15) is 4.39 Å². The Balaban J connectivity index is 0.00000484. The third-order valence-electron chi connectivity index (χ3n) is 3.48. The number of anilines is 1. The van der Waals surface area contributed by atoms with Gasteiger partial charge in [-0.25, -0.2) is 4.39 Å². The van der Waals surface area contributed by atoms with Gasteiger partial charge in [-0.15, -0.1) is 24.0 Å². The van der Waals surface area contributed by atoms with Gasteiger partial charge < -0.3 is 15.5 Å². The first-order chi connectivity index (χ1) is 10.5. The minimum absolute atomic E-state index is 0. The van der Waals surface area contributed by atoms with E-state index in [1.807, 2.05) is 30.9 Å². The fourth-order valence-electron chi connectivity index (χ4n) is 2.19. The Kier molecular flexibility index (Phi) is 11.0. The van der Waals surface area contributed by atoms with Crippen molar-refractivity contribution in [3.05, 3.63) is 29.6 Å². The molecule has 0 aromatic heterocycles. The molecule has 0 unspecified atom stereocenters. The summed E-state index contributed by atoms with van der Waals surface area (Å²) in [6.07, 6.45) is 0. The molecule has 6 heteroatoms. The van der Waals surface area contributed by atoms with Crippen LogP contribution in [0.3, 0.4) is 0 Å². The van der Waals surface area contributed by atoms with Crippen molar-refractivity contribution in [1.82, 2.24) is 10.6 Å². The van der Waals surface area contributed by atoms with Crippen LogP contribution in [0.1, 0.15) is 33.3 Å². The number of guanidine groups is 1. The summed E-state index contributed by atoms with van der Waals surface area (Å²) in [6, 6.07) is 5.40. The quantitative estimate of drug-likeness (QED) is 0.390. The first-order valence-electron chi connectivity index (χ1n) is 7.99. The van der Waals surface area contributed by atoms with Crippen molar-refractivity contribution in [3.8, 4) is 0 Å². The van der Waals surface area contributed by atoms with Crippen LogP contribution < -0.4 is 15.5 Å². The van der Waals surface area contributed by atoms with Crippen LogP contribution in [-0.4, -0.2) is 32.6 Å². The number of rotatable bonds is 7. The fourth-order valence-corrected chi connectivity index (χ4v) is 2.19. The number of hydrogen-bond donors (Lipinski definition) is 2. The summed E-state index contributed by atoms with van der Waals surface area (Å²) in [6.45, 7) is 11.4. The minimum atomic E-state index is -0.173. The Labute approximate surface area is 157 Å². The van der Waals surface area contributed by atoms with E-state index in [1.165, 1.54) is 0 Å². The molecule has 2 N–H and O–H groups in total. The van der Waals surface area contributed by atoms with E-state index in [0.29, 0.717) is 18.2 Å². The van der Waals surface area contributed by atoms with Gasteiger partial charge in [0.1, 0.15) is 5.82 Å². The molecule has 0 fully saturated rings. The maximum absolute atomic E-state index is 14.2. The lowest BCUT2D eigenvalue weighted by Gasteiger charge is -2.22. The second kappa shape index (κ2) is 11.5. The molecule has 1 aromatic carbocycles. The van der Waals surface area contributed by atoms with Gasteiger partial charge in [0.05, 0.1) is 5.69 Å². The smallest absolute Gasteiger partial charge is 0.191 e. The van der Waals surface area contributed by atoms with Crippen molar-refractivity contribution in [2.45, 2.75) is 34.2 Å². The Morgan fingerprint density at radius 1 is 1.22 bits per heavy atom. The van der Waals surface area contributed by atoms with Crippen LogP contribution in [0.25, 0.3) is 0 Å². The van der Waals surface area contributed by atoms with Crippen molar-refractivity contribution in [2.24, 2.45) is 10.9 Å². The average Bonchev–Trinajstić information content (AvgIpc) is 2.50.